The Morgan fingerprint density at radius 2 is 1.56 bits per heavy atom. The monoisotopic (exact) mass is 389 g/mol. The van der Waals surface area contributed by atoms with Gasteiger partial charge in [0.1, 0.15) is 0 Å². The Hall–Kier alpha value is -2.38. The number of carbonyl (C=O) groups is 1. The maximum atomic E-state index is 12.2. The van der Waals surface area contributed by atoms with Crippen LogP contribution in [0.3, 0.4) is 0 Å². The molecule has 0 aliphatic rings. The largest absolute Gasteiger partial charge is 0.338 e. The van der Waals surface area contributed by atoms with Crippen LogP contribution in [0, 0.1) is 0 Å². The lowest BCUT2D eigenvalue weighted by atomic mass is 10.1. The number of benzene rings is 2. The van der Waals surface area contributed by atoms with Crippen molar-refractivity contribution in [2.45, 2.75) is 38.6 Å². The fourth-order valence-electron chi connectivity index (χ4n) is 2.68. The highest BCUT2D eigenvalue weighted by Crippen LogP contribution is 2.12. The minimum Gasteiger partial charge on any atom is -0.338 e. The van der Waals surface area contributed by atoms with Crippen LogP contribution < -0.4 is 15.4 Å². The lowest BCUT2D eigenvalue weighted by molar-refractivity contribution is 0.240. The Morgan fingerprint density at radius 1 is 0.926 bits per heavy atom. The highest BCUT2D eigenvalue weighted by Gasteiger charge is 2.15. The highest BCUT2D eigenvalue weighted by molar-refractivity contribution is 7.88. The van der Waals surface area contributed by atoms with Gasteiger partial charge in [0.25, 0.3) is 0 Å². The Kier molecular flexibility index (Phi) is 7.82. The molecule has 0 radical (unpaired) electrons. The number of amides is 2. The molecule has 0 unspecified atom stereocenters. The zero-order valence-corrected chi connectivity index (χ0v) is 16.6. The lowest BCUT2D eigenvalue weighted by Crippen LogP contribution is -2.36. The van der Waals surface area contributed by atoms with Crippen molar-refractivity contribution in [3.63, 3.8) is 0 Å². The fourth-order valence-corrected chi connectivity index (χ4v) is 4.17. The van der Waals surface area contributed by atoms with Crippen LogP contribution in [0.15, 0.2) is 54.6 Å². The second kappa shape index (κ2) is 10.1. The number of nitrogens with one attached hydrogen (secondary N) is 3. The maximum Gasteiger partial charge on any atom is 0.315 e. The molecule has 0 bridgehead atoms. The van der Waals surface area contributed by atoms with Gasteiger partial charge in [-0.1, -0.05) is 54.6 Å². The fraction of sp³-hybridized carbons (Fsp3) is 0.350. The van der Waals surface area contributed by atoms with Crippen molar-refractivity contribution in [2.24, 2.45) is 0 Å². The van der Waals surface area contributed by atoms with E-state index in [9.17, 15) is 13.2 Å². The van der Waals surface area contributed by atoms with E-state index >= 15 is 0 Å². The van der Waals surface area contributed by atoms with Crippen molar-refractivity contribution in [1.29, 1.82) is 0 Å². The van der Waals surface area contributed by atoms with Crippen LogP contribution in [0.1, 0.15) is 30.5 Å². The molecule has 2 aromatic rings. The molecule has 0 aliphatic heterocycles. The van der Waals surface area contributed by atoms with Crippen LogP contribution in [0.4, 0.5) is 4.79 Å². The van der Waals surface area contributed by atoms with Crippen LogP contribution >= 0.6 is 0 Å². The summed E-state index contributed by atoms with van der Waals surface area (Å²) in [5.41, 5.74) is 2.62. The van der Waals surface area contributed by atoms with Crippen molar-refractivity contribution in [3.8, 4) is 0 Å². The molecule has 0 fully saturated rings. The average molecular weight is 390 g/mol. The first-order valence-corrected chi connectivity index (χ1v) is 10.6. The van der Waals surface area contributed by atoms with E-state index in [1.165, 1.54) is 0 Å². The van der Waals surface area contributed by atoms with Crippen molar-refractivity contribution in [1.82, 2.24) is 15.4 Å². The van der Waals surface area contributed by atoms with Gasteiger partial charge in [-0.15, -0.1) is 0 Å². The minimum absolute atomic E-state index is 0.112. The average Bonchev–Trinajstić information content (AvgIpc) is 2.60. The summed E-state index contributed by atoms with van der Waals surface area (Å²) in [5, 5.41) is 5.60. The van der Waals surface area contributed by atoms with E-state index in [2.05, 4.69) is 15.4 Å². The maximum absolute atomic E-state index is 12.2. The predicted octanol–water partition coefficient (Wildman–Crippen LogP) is 2.56. The van der Waals surface area contributed by atoms with Crippen LogP contribution in [0.2, 0.25) is 0 Å². The second-order valence-electron chi connectivity index (χ2n) is 6.65. The van der Waals surface area contributed by atoms with E-state index in [0.717, 1.165) is 17.5 Å². The third-order valence-electron chi connectivity index (χ3n) is 3.86. The summed E-state index contributed by atoms with van der Waals surface area (Å²) < 4.78 is 26.9. The first-order valence-electron chi connectivity index (χ1n) is 8.98. The summed E-state index contributed by atoms with van der Waals surface area (Å²) in [6.45, 7) is 4.37. The predicted molar refractivity (Wildman–Crippen MR) is 108 cm³/mol. The molecule has 0 heterocycles. The quantitative estimate of drug-likeness (QED) is 0.616. The van der Waals surface area contributed by atoms with E-state index < -0.39 is 10.0 Å². The molecule has 6 nitrogen and oxygen atoms in total. The molecular formula is C20H27N3O3S. The van der Waals surface area contributed by atoms with Crippen molar-refractivity contribution in [2.75, 3.05) is 6.54 Å². The molecule has 2 amide bonds. The minimum atomic E-state index is -3.42. The molecule has 7 heteroatoms. The Bertz CT molecular complexity index is 837. The van der Waals surface area contributed by atoms with Crippen molar-refractivity contribution in [3.05, 3.63) is 71.3 Å². The third-order valence-corrected chi connectivity index (χ3v) is 5.38. The lowest BCUT2D eigenvalue weighted by Gasteiger charge is -2.13. The van der Waals surface area contributed by atoms with E-state index in [1.807, 2.05) is 42.5 Å². The molecule has 0 atom stereocenters. The standard InChI is InChI=1S/C20H27N3O3S/c1-16(2)23-27(25,26)15-19-11-7-6-10-18(19)14-22-20(24)21-13-12-17-8-4-3-5-9-17/h3-11,16,23H,12-15H2,1-2H3,(H2,21,22,24). The van der Waals surface area contributed by atoms with Gasteiger partial charge in [0.15, 0.2) is 0 Å². The zero-order chi connectivity index (χ0) is 19.7. The SMILES string of the molecule is CC(C)NS(=O)(=O)Cc1ccccc1CNC(=O)NCCc1ccccc1. The van der Waals surface area contributed by atoms with Gasteiger partial charge in [-0.2, -0.15) is 0 Å². The van der Waals surface area contributed by atoms with Crippen molar-refractivity contribution < 1.29 is 13.2 Å². The van der Waals surface area contributed by atoms with Crippen molar-refractivity contribution >= 4 is 16.1 Å². The van der Waals surface area contributed by atoms with Gasteiger partial charge in [-0.05, 0) is 37.0 Å². The topological polar surface area (TPSA) is 87.3 Å². The van der Waals surface area contributed by atoms with E-state index in [1.54, 1.807) is 26.0 Å². The molecule has 146 valence electrons. The number of carbonyl (C=O) groups excluding carboxylic acids is 1. The van der Waals surface area contributed by atoms with E-state index in [4.69, 9.17) is 0 Å². The van der Waals surface area contributed by atoms with Gasteiger partial charge in [-0.3, -0.25) is 0 Å². The van der Waals surface area contributed by atoms with Gasteiger partial charge in [0.05, 0.1) is 5.75 Å². The first kappa shape index (κ1) is 20.9. The summed E-state index contributed by atoms with van der Waals surface area (Å²) in [7, 11) is -3.42. The molecule has 27 heavy (non-hydrogen) atoms. The zero-order valence-electron chi connectivity index (χ0n) is 15.7. The Labute approximate surface area is 161 Å². The number of urea groups is 1. The van der Waals surface area contributed by atoms with E-state index in [-0.39, 0.29) is 24.4 Å². The molecule has 0 spiro atoms. The highest BCUT2D eigenvalue weighted by atomic mass is 32.2. The summed E-state index contributed by atoms with van der Waals surface area (Å²) in [6, 6.07) is 16.7. The normalized spacial score (nSPS) is 11.4. The molecule has 0 aliphatic carbocycles. The number of hydrogen-bond donors (Lipinski definition) is 3. The Morgan fingerprint density at radius 3 is 2.22 bits per heavy atom. The Balaban J connectivity index is 1.85. The smallest absolute Gasteiger partial charge is 0.315 e. The molecule has 3 N–H and O–H groups in total. The summed E-state index contributed by atoms with van der Waals surface area (Å²) in [4.78, 5) is 12.0. The van der Waals surface area contributed by atoms with Gasteiger partial charge in [-0.25, -0.2) is 17.9 Å². The molecule has 2 rings (SSSR count). The van der Waals surface area contributed by atoms with Crippen LogP contribution in [0.25, 0.3) is 0 Å². The molecular weight excluding hydrogens is 362 g/mol. The van der Waals surface area contributed by atoms with Crippen LogP contribution in [-0.4, -0.2) is 27.0 Å². The summed E-state index contributed by atoms with van der Waals surface area (Å²) >= 11 is 0. The van der Waals surface area contributed by atoms with Gasteiger partial charge < -0.3 is 10.6 Å². The summed E-state index contributed by atoms with van der Waals surface area (Å²) in [5.74, 6) is -0.112. The third kappa shape index (κ3) is 7.80. The summed E-state index contributed by atoms with van der Waals surface area (Å²) in [6.07, 6.45) is 0.754. The number of rotatable bonds is 9. The van der Waals surface area contributed by atoms with Crippen LogP contribution in [-0.2, 0) is 28.7 Å². The molecule has 0 aromatic heterocycles. The molecule has 0 saturated carbocycles. The van der Waals surface area contributed by atoms with Gasteiger partial charge in [0, 0.05) is 19.1 Å². The van der Waals surface area contributed by atoms with Gasteiger partial charge in [0.2, 0.25) is 10.0 Å². The van der Waals surface area contributed by atoms with Gasteiger partial charge >= 0.3 is 6.03 Å². The van der Waals surface area contributed by atoms with E-state index in [0.29, 0.717) is 12.1 Å². The molecule has 2 aromatic carbocycles. The first-order chi connectivity index (χ1) is 12.9. The van der Waals surface area contributed by atoms with Crippen LogP contribution in [0.5, 0.6) is 0 Å². The number of hydrogen-bond acceptors (Lipinski definition) is 3. The molecule has 0 saturated heterocycles. The second-order valence-corrected chi connectivity index (χ2v) is 8.40. The number of sulfonamides is 1.